The fourth-order valence-electron chi connectivity index (χ4n) is 1.72. The topological polar surface area (TPSA) is 55.1 Å². The predicted octanol–water partition coefficient (Wildman–Crippen LogP) is 1.36. The van der Waals surface area contributed by atoms with Gasteiger partial charge < -0.3 is 9.90 Å². The number of carbonyl (C=O) groups is 1. The van der Waals surface area contributed by atoms with Crippen LogP contribution in [0, 0.1) is 0 Å². The Labute approximate surface area is 99.5 Å². The van der Waals surface area contributed by atoms with Crippen molar-refractivity contribution in [3.63, 3.8) is 0 Å². The molecule has 0 aliphatic rings. The molecular weight excluding hydrogens is 216 g/mol. The van der Waals surface area contributed by atoms with Crippen LogP contribution in [0.15, 0.2) is 36.7 Å². The van der Waals surface area contributed by atoms with E-state index in [1.165, 1.54) is 0 Å². The molecule has 1 aromatic heterocycles. The van der Waals surface area contributed by atoms with E-state index in [0.29, 0.717) is 0 Å². The molecular formula is C13H14N2O2. The Morgan fingerprint density at radius 3 is 2.53 bits per heavy atom. The van der Waals surface area contributed by atoms with Crippen molar-refractivity contribution in [1.82, 2.24) is 9.78 Å². The highest BCUT2D eigenvalue weighted by Gasteiger charge is 2.09. The lowest BCUT2D eigenvalue weighted by Crippen LogP contribution is -2.04. The molecule has 0 bridgehead atoms. The molecule has 88 valence electrons. The fraction of sp³-hybridized carbons (Fsp3) is 0.231. The number of aliphatic hydroxyl groups is 1. The summed E-state index contributed by atoms with van der Waals surface area (Å²) in [5.74, 6) is -0.432. The first kappa shape index (κ1) is 11.5. The smallest absolute Gasteiger partial charge is 0.129 e. The van der Waals surface area contributed by atoms with Crippen molar-refractivity contribution in [2.45, 2.75) is 5.92 Å². The van der Waals surface area contributed by atoms with Crippen LogP contribution in [0.3, 0.4) is 0 Å². The zero-order valence-corrected chi connectivity index (χ0v) is 9.58. The second-order valence-electron chi connectivity index (χ2n) is 3.95. The van der Waals surface area contributed by atoms with E-state index in [9.17, 15) is 4.79 Å². The minimum absolute atomic E-state index is 0.157. The lowest BCUT2D eigenvalue weighted by molar-refractivity contribution is -0.109. The summed E-state index contributed by atoms with van der Waals surface area (Å²) >= 11 is 0. The summed E-state index contributed by atoms with van der Waals surface area (Å²) in [5, 5.41) is 13.1. The monoisotopic (exact) mass is 230 g/mol. The van der Waals surface area contributed by atoms with Crippen molar-refractivity contribution in [3.8, 4) is 11.1 Å². The second kappa shape index (κ2) is 4.93. The van der Waals surface area contributed by atoms with Crippen molar-refractivity contribution < 1.29 is 9.90 Å². The number of aldehydes is 1. The van der Waals surface area contributed by atoms with Crippen molar-refractivity contribution in [3.05, 3.63) is 42.2 Å². The van der Waals surface area contributed by atoms with Crippen molar-refractivity contribution in [1.29, 1.82) is 0 Å². The molecule has 1 aromatic carbocycles. The SMILES string of the molecule is Cn1cc(-c2ccc(C(C=O)CO)cc2)cn1. The molecule has 0 saturated carbocycles. The number of aryl methyl sites for hydroxylation is 1. The molecule has 4 heteroatoms. The van der Waals surface area contributed by atoms with E-state index in [0.717, 1.165) is 23.0 Å². The quantitative estimate of drug-likeness (QED) is 0.807. The minimum atomic E-state index is -0.432. The van der Waals surface area contributed by atoms with Gasteiger partial charge in [-0.2, -0.15) is 5.10 Å². The third-order valence-electron chi connectivity index (χ3n) is 2.74. The Bertz CT molecular complexity index is 502. The highest BCUT2D eigenvalue weighted by Crippen LogP contribution is 2.21. The van der Waals surface area contributed by atoms with Crippen LogP contribution in [-0.2, 0) is 11.8 Å². The predicted molar refractivity (Wildman–Crippen MR) is 64.5 cm³/mol. The molecule has 2 rings (SSSR count). The molecule has 0 spiro atoms. The average molecular weight is 230 g/mol. The fourth-order valence-corrected chi connectivity index (χ4v) is 1.72. The zero-order valence-electron chi connectivity index (χ0n) is 9.58. The molecule has 1 N–H and O–H groups in total. The summed E-state index contributed by atoms with van der Waals surface area (Å²) in [6.45, 7) is -0.157. The van der Waals surface area contributed by atoms with Gasteiger partial charge in [-0.1, -0.05) is 24.3 Å². The largest absolute Gasteiger partial charge is 0.395 e. The van der Waals surface area contributed by atoms with Gasteiger partial charge in [0.15, 0.2) is 0 Å². The van der Waals surface area contributed by atoms with Crippen LogP contribution in [0.2, 0.25) is 0 Å². The van der Waals surface area contributed by atoms with Crippen LogP contribution in [-0.4, -0.2) is 27.8 Å². The van der Waals surface area contributed by atoms with Gasteiger partial charge in [-0.3, -0.25) is 4.68 Å². The summed E-state index contributed by atoms with van der Waals surface area (Å²) in [7, 11) is 1.87. The number of carbonyl (C=O) groups excluding carboxylic acids is 1. The molecule has 0 fully saturated rings. The van der Waals surface area contributed by atoms with Crippen LogP contribution in [0.5, 0.6) is 0 Å². The standard InChI is InChI=1S/C13H14N2O2/c1-15-7-12(6-14-15)10-2-4-11(5-3-10)13(8-16)9-17/h2-8,13,17H,9H2,1H3. The first-order valence-electron chi connectivity index (χ1n) is 5.39. The van der Waals surface area contributed by atoms with E-state index in [2.05, 4.69) is 5.10 Å². The first-order chi connectivity index (χ1) is 8.24. The average Bonchev–Trinajstić information content (AvgIpc) is 2.78. The third kappa shape index (κ3) is 2.42. The Morgan fingerprint density at radius 1 is 1.35 bits per heavy atom. The molecule has 0 amide bonds. The highest BCUT2D eigenvalue weighted by atomic mass is 16.3. The number of rotatable bonds is 4. The zero-order chi connectivity index (χ0) is 12.3. The van der Waals surface area contributed by atoms with Crippen LogP contribution >= 0.6 is 0 Å². The Morgan fingerprint density at radius 2 is 2.06 bits per heavy atom. The molecule has 0 aliphatic heterocycles. The molecule has 1 atom stereocenters. The van der Waals surface area contributed by atoms with Gasteiger partial charge in [-0.25, -0.2) is 0 Å². The van der Waals surface area contributed by atoms with Crippen LogP contribution in [0.25, 0.3) is 11.1 Å². The number of benzene rings is 1. The van der Waals surface area contributed by atoms with Gasteiger partial charge in [0.2, 0.25) is 0 Å². The van der Waals surface area contributed by atoms with Gasteiger partial charge in [-0.05, 0) is 11.1 Å². The van der Waals surface area contributed by atoms with E-state index in [1.54, 1.807) is 10.9 Å². The Balaban J connectivity index is 2.26. The molecule has 1 unspecified atom stereocenters. The van der Waals surface area contributed by atoms with E-state index in [-0.39, 0.29) is 6.61 Å². The van der Waals surface area contributed by atoms with Gasteiger partial charge >= 0.3 is 0 Å². The van der Waals surface area contributed by atoms with Gasteiger partial charge in [0, 0.05) is 18.8 Å². The van der Waals surface area contributed by atoms with E-state index in [4.69, 9.17) is 5.11 Å². The molecule has 0 saturated heterocycles. The van der Waals surface area contributed by atoms with E-state index >= 15 is 0 Å². The van der Waals surface area contributed by atoms with Crippen LogP contribution < -0.4 is 0 Å². The number of aromatic nitrogens is 2. The lowest BCUT2D eigenvalue weighted by Gasteiger charge is -2.07. The number of aliphatic hydroxyl groups excluding tert-OH is 1. The maximum atomic E-state index is 10.7. The van der Waals surface area contributed by atoms with Crippen LogP contribution in [0.1, 0.15) is 11.5 Å². The summed E-state index contributed by atoms with van der Waals surface area (Å²) in [6.07, 6.45) is 4.48. The summed E-state index contributed by atoms with van der Waals surface area (Å²) in [4.78, 5) is 10.7. The van der Waals surface area contributed by atoms with Gasteiger partial charge in [0.05, 0.1) is 18.7 Å². The summed E-state index contributed by atoms with van der Waals surface area (Å²) in [5.41, 5.74) is 2.91. The van der Waals surface area contributed by atoms with E-state index in [1.807, 2.05) is 37.5 Å². The minimum Gasteiger partial charge on any atom is -0.395 e. The lowest BCUT2D eigenvalue weighted by atomic mass is 9.99. The normalized spacial score (nSPS) is 12.4. The maximum Gasteiger partial charge on any atom is 0.129 e. The highest BCUT2D eigenvalue weighted by molar-refractivity contribution is 5.66. The van der Waals surface area contributed by atoms with Gasteiger partial charge in [-0.15, -0.1) is 0 Å². The summed E-state index contributed by atoms with van der Waals surface area (Å²) < 4.78 is 1.74. The summed E-state index contributed by atoms with van der Waals surface area (Å²) in [6, 6.07) is 7.58. The maximum absolute atomic E-state index is 10.7. The molecule has 0 radical (unpaired) electrons. The molecule has 1 heterocycles. The number of hydrogen-bond acceptors (Lipinski definition) is 3. The van der Waals surface area contributed by atoms with Crippen molar-refractivity contribution in [2.75, 3.05) is 6.61 Å². The molecule has 0 aliphatic carbocycles. The molecule has 17 heavy (non-hydrogen) atoms. The Kier molecular flexibility index (Phi) is 3.35. The van der Waals surface area contributed by atoms with Gasteiger partial charge in [0.25, 0.3) is 0 Å². The number of hydrogen-bond donors (Lipinski definition) is 1. The van der Waals surface area contributed by atoms with Crippen LogP contribution in [0.4, 0.5) is 0 Å². The van der Waals surface area contributed by atoms with Crippen molar-refractivity contribution in [2.24, 2.45) is 7.05 Å². The second-order valence-corrected chi connectivity index (χ2v) is 3.95. The van der Waals surface area contributed by atoms with Crippen molar-refractivity contribution >= 4 is 6.29 Å². The van der Waals surface area contributed by atoms with Gasteiger partial charge in [0.1, 0.15) is 6.29 Å². The molecule has 4 nitrogen and oxygen atoms in total. The third-order valence-corrected chi connectivity index (χ3v) is 2.74. The first-order valence-corrected chi connectivity index (χ1v) is 5.39. The Hall–Kier alpha value is -1.94. The number of nitrogens with zero attached hydrogens (tertiary/aromatic N) is 2. The molecule has 2 aromatic rings. The van der Waals surface area contributed by atoms with E-state index < -0.39 is 5.92 Å².